The molecule has 92 valence electrons. The Kier molecular flexibility index (Phi) is 5.49. The van der Waals surface area contributed by atoms with E-state index < -0.39 is 0 Å². The van der Waals surface area contributed by atoms with Gasteiger partial charge in [0.2, 0.25) is 5.91 Å². The highest BCUT2D eigenvalue weighted by atomic mass is 16.3. The largest absolute Gasteiger partial charge is 0.392 e. The fourth-order valence-electron chi connectivity index (χ4n) is 1.94. The molecule has 1 fully saturated rings. The van der Waals surface area contributed by atoms with Gasteiger partial charge in [-0.15, -0.1) is 6.58 Å². The molecule has 0 aromatic rings. The maximum atomic E-state index is 11.1. The van der Waals surface area contributed by atoms with Crippen molar-refractivity contribution >= 4 is 5.91 Å². The van der Waals surface area contributed by atoms with Crippen LogP contribution in [0.5, 0.6) is 0 Å². The Labute approximate surface area is 97.5 Å². The number of nitrogens with zero attached hydrogens (tertiary/aromatic N) is 2. The Bertz CT molecular complexity index is 235. The van der Waals surface area contributed by atoms with E-state index in [1.807, 2.05) is 11.0 Å². The van der Waals surface area contributed by atoms with E-state index in [-0.39, 0.29) is 12.0 Å². The second-order valence-corrected chi connectivity index (χ2v) is 4.33. The Morgan fingerprint density at radius 3 is 2.56 bits per heavy atom. The molecule has 1 aliphatic heterocycles. The summed E-state index contributed by atoms with van der Waals surface area (Å²) in [6.07, 6.45) is 3.18. The van der Waals surface area contributed by atoms with E-state index >= 15 is 0 Å². The maximum Gasteiger partial charge on any atom is 0.219 e. The highest BCUT2D eigenvalue weighted by Gasteiger charge is 2.19. The number of piperazine rings is 1. The van der Waals surface area contributed by atoms with Crippen LogP contribution < -0.4 is 0 Å². The van der Waals surface area contributed by atoms with E-state index in [1.54, 1.807) is 6.92 Å². The second-order valence-electron chi connectivity index (χ2n) is 4.33. The zero-order valence-corrected chi connectivity index (χ0v) is 10.1. The number of aliphatic hydroxyl groups is 1. The van der Waals surface area contributed by atoms with Gasteiger partial charge in [0.05, 0.1) is 6.10 Å². The lowest BCUT2D eigenvalue weighted by Crippen LogP contribution is -2.49. The predicted molar refractivity (Wildman–Crippen MR) is 64.1 cm³/mol. The first-order valence-corrected chi connectivity index (χ1v) is 5.90. The number of amides is 1. The van der Waals surface area contributed by atoms with Crippen molar-refractivity contribution in [1.82, 2.24) is 9.80 Å². The van der Waals surface area contributed by atoms with E-state index in [2.05, 4.69) is 11.5 Å². The number of rotatable bonds is 5. The summed E-state index contributed by atoms with van der Waals surface area (Å²) in [5, 5.41) is 9.74. The lowest BCUT2D eigenvalue weighted by molar-refractivity contribution is -0.130. The minimum Gasteiger partial charge on any atom is -0.392 e. The first kappa shape index (κ1) is 13.2. The van der Waals surface area contributed by atoms with Crippen molar-refractivity contribution in [3.63, 3.8) is 0 Å². The van der Waals surface area contributed by atoms with Crippen LogP contribution in [0.25, 0.3) is 0 Å². The van der Waals surface area contributed by atoms with Gasteiger partial charge < -0.3 is 10.0 Å². The van der Waals surface area contributed by atoms with Gasteiger partial charge >= 0.3 is 0 Å². The highest BCUT2D eigenvalue weighted by molar-refractivity contribution is 5.73. The molecule has 1 unspecified atom stereocenters. The van der Waals surface area contributed by atoms with E-state index in [1.165, 1.54) is 0 Å². The zero-order chi connectivity index (χ0) is 12.0. The van der Waals surface area contributed by atoms with E-state index in [0.29, 0.717) is 6.54 Å². The monoisotopic (exact) mass is 226 g/mol. The number of carbonyl (C=O) groups excluding carboxylic acids is 1. The molecule has 1 rings (SSSR count). The van der Waals surface area contributed by atoms with Gasteiger partial charge in [0.25, 0.3) is 0 Å². The summed E-state index contributed by atoms with van der Waals surface area (Å²) in [5.74, 6) is 0.145. The molecule has 0 saturated carbocycles. The highest BCUT2D eigenvalue weighted by Crippen LogP contribution is 2.05. The van der Waals surface area contributed by atoms with Gasteiger partial charge in [-0.05, 0) is 12.8 Å². The average Bonchev–Trinajstić information content (AvgIpc) is 2.27. The van der Waals surface area contributed by atoms with Crippen molar-refractivity contribution in [3.05, 3.63) is 12.7 Å². The van der Waals surface area contributed by atoms with Crippen molar-refractivity contribution in [2.45, 2.75) is 25.9 Å². The number of hydrogen-bond acceptors (Lipinski definition) is 3. The zero-order valence-electron chi connectivity index (χ0n) is 10.1. The van der Waals surface area contributed by atoms with Crippen LogP contribution in [0.3, 0.4) is 0 Å². The smallest absolute Gasteiger partial charge is 0.219 e. The van der Waals surface area contributed by atoms with E-state index in [4.69, 9.17) is 0 Å². The van der Waals surface area contributed by atoms with Crippen LogP contribution in [0.1, 0.15) is 19.8 Å². The molecule has 0 radical (unpaired) electrons. The van der Waals surface area contributed by atoms with Crippen LogP contribution in [0.2, 0.25) is 0 Å². The molecule has 0 bridgehead atoms. The maximum absolute atomic E-state index is 11.1. The van der Waals surface area contributed by atoms with Gasteiger partial charge in [0, 0.05) is 39.6 Å². The van der Waals surface area contributed by atoms with Gasteiger partial charge in [0.1, 0.15) is 0 Å². The standard InChI is InChI=1S/C12H22N2O2/c1-3-4-5-12(16)10-13-6-8-14(9-7-13)11(2)15/h3,12,16H,1,4-10H2,2H3. The molecule has 1 atom stereocenters. The normalized spacial score (nSPS) is 19.5. The van der Waals surface area contributed by atoms with Gasteiger partial charge in [-0.2, -0.15) is 0 Å². The molecule has 16 heavy (non-hydrogen) atoms. The summed E-state index contributed by atoms with van der Waals surface area (Å²) in [5.41, 5.74) is 0. The minimum atomic E-state index is -0.276. The number of β-amino-alcohol motifs (C(OH)–C–C–N with tert-alkyl or cyclic N) is 1. The van der Waals surface area contributed by atoms with Gasteiger partial charge in [0.15, 0.2) is 0 Å². The summed E-state index contributed by atoms with van der Waals surface area (Å²) < 4.78 is 0. The number of aliphatic hydroxyl groups excluding tert-OH is 1. The van der Waals surface area contributed by atoms with E-state index in [9.17, 15) is 9.90 Å². The summed E-state index contributed by atoms with van der Waals surface area (Å²) >= 11 is 0. The Morgan fingerprint density at radius 2 is 2.06 bits per heavy atom. The third kappa shape index (κ3) is 4.33. The average molecular weight is 226 g/mol. The molecule has 1 saturated heterocycles. The molecule has 0 aliphatic carbocycles. The number of allylic oxidation sites excluding steroid dienone is 1. The molecular formula is C12H22N2O2. The quantitative estimate of drug-likeness (QED) is 0.693. The van der Waals surface area contributed by atoms with Crippen LogP contribution >= 0.6 is 0 Å². The predicted octanol–water partition coefficient (Wildman–Crippen LogP) is 0.478. The van der Waals surface area contributed by atoms with Crippen molar-refractivity contribution in [3.8, 4) is 0 Å². The number of hydrogen-bond donors (Lipinski definition) is 1. The molecule has 4 heteroatoms. The van der Waals surface area contributed by atoms with Crippen LogP contribution in [0.4, 0.5) is 0 Å². The van der Waals surface area contributed by atoms with Crippen molar-refractivity contribution in [2.75, 3.05) is 32.7 Å². The van der Waals surface area contributed by atoms with Gasteiger partial charge in [-0.25, -0.2) is 0 Å². The van der Waals surface area contributed by atoms with Crippen LogP contribution in [-0.4, -0.2) is 59.6 Å². The molecular weight excluding hydrogens is 204 g/mol. The molecule has 1 aliphatic rings. The van der Waals surface area contributed by atoms with Crippen LogP contribution in [-0.2, 0) is 4.79 Å². The van der Waals surface area contributed by atoms with Gasteiger partial charge in [-0.1, -0.05) is 6.08 Å². The lowest BCUT2D eigenvalue weighted by Gasteiger charge is -2.35. The molecule has 1 amide bonds. The first-order valence-electron chi connectivity index (χ1n) is 5.90. The molecule has 1 heterocycles. The van der Waals surface area contributed by atoms with Gasteiger partial charge in [-0.3, -0.25) is 9.69 Å². The van der Waals surface area contributed by atoms with Crippen LogP contribution in [0.15, 0.2) is 12.7 Å². The Morgan fingerprint density at radius 1 is 1.44 bits per heavy atom. The first-order chi connectivity index (χ1) is 7.63. The second kappa shape index (κ2) is 6.66. The summed E-state index contributed by atoms with van der Waals surface area (Å²) in [6.45, 7) is 9.25. The van der Waals surface area contributed by atoms with Crippen molar-refractivity contribution < 1.29 is 9.90 Å². The SMILES string of the molecule is C=CCCC(O)CN1CCN(C(C)=O)CC1. The fraction of sp³-hybridized carbons (Fsp3) is 0.750. The summed E-state index contributed by atoms with van der Waals surface area (Å²) in [4.78, 5) is 15.2. The van der Waals surface area contributed by atoms with E-state index in [0.717, 1.165) is 39.0 Å². The number of carbonyl (C=O) groups is 1. The molecule has 0 aromatic heterocycles. The Hall–Kier alpha value is -0.870. The van der Waals surface area contributed by atoms with Crippen molar-refractivity contribution in [2.24, 2.45) is 0 Å². The molecule has 4 nitrogen and oxygen atoms in total. The third-order valence-electron chi connectivity index (χ3n) is 2.99. The summed E-state index contributed by atoms with van der Waals surface area (Å²) in [7, 11) is 0. The van der Waals surface area contributed by atoms with Crippen molar-refractivity contribution in [1.29, 1.82) is 0 Å². The van der Waals surface area contributed by atoms with Crippen LogP contribution in [0, 0.1) is 0 Å². The minimum absolute atomic E-state index is 0.145. The fourth-order valence-corrected chi connectivity index (χ4v) is 1.94. The third-order valence-corrected chi connectivity index (χ3v) is 2.99. The molecule has 1 N–H and O–H groups in total. The molecule has 0 spiro atoms. The molecule has 0 aromatic carbocycles. The summed E-state index contributed by atoms with van der Waals surface area (Å²) in [6, 6.07) is 0. The topological polar surface area (TPSA) is 43.8 Å². The lowest BCUT2D eigenvalue weighted by atomic mass is 10.1. The Balaban J connectivity index is 2.21.